The predicted molar refractivity (Wildman–Crippen MR) is 93.5 cm³/mol. The number of carbonyl (C=O) groups is 1. The molecule has 26 heavy (non-hydrogen) atoms. The van der Waals surface area contributed by atoms with E-state index in [2.05, 4.69) is 17.1 Å². The lowest BCUT2D eigenvalue weighted by atomic mass is 10.1. The minimum Gasteiger partial charge on any atom is -0.493 e. The number of nitrogens with one attached hydrogen (secondary N) is 1. The summed E-state index contributed by atoms with van der Waals surface area (Å²) in [5.74, 6) is 0.134. The van der Waals surface area contributed by atoms with Crippen LogP contribution >= 0.6 is 0 Å². The van der Waals surface area contributed by atoms with E-state index >= 15 is 0 Å². The molecule has 2 rings (SSSR count). The summed E-state index contributed by atoms with van der Waals surface area (Å²) in [7, 11) is 1.51. The molecule has 0 saturated heterocycles. The van der Waals surface area contributed by atoms with E-state index in [1.807, 2.05) is 6.07 Å². The van der Waals surface area contributed by atoms with Crippen molar-refractivity contribution in [1.29, 1.82) is 0 Å². The van der Waals surface area contributed by atoms with Gasteiger partial charge in [-0.1, -0.05) is 12.1 Å². The van der Waals surface area contributed by atoms with Gasteiger partial charge in [0.25, 0.3) is 5.91 Å². The lowest BCUT2D eigenvalue weighted by Gasteiger charge is -2.11. The van der Waals surface area contributed by atoms with Gasteiger partial charge in [0, 0.05) is 0 Å². The number of nitro groups is 1. The fourth-order valence-corrected chi connectivity index (χ4v) is 1.98. The van der Waals surface area contributed by atoms with Gasteiger partial charge < -0.3 is 13.9 Å². The summed E-state index contributed by atoms with van der Waals surface area (Å²) in [5, 5.41) is 14.1. The van der Waals surface area contributed by atoms with E-state index in [0.717, 1.165) is 11.8 Å². The minimum atomic E-state index is -0.669. The number of hydrogen-bond acceptors (Lipinski definition) is 7. The molecule has 1 aromatic carbocycles. The van der Waals surface area contributed by atoms with Crippen LogP contribution in [-0.2, 0) is 11.2 Å². The Bertz CT molecular complexity index is 828. The number of carbonyl (C=O) groups excluding carboxylic acids is 1. The Morgan fingerprint density at radius 1 is 1.38 bits per heavy atom. The molecule has 0 unspecified atom stereocenters. The van der Waals surface area contributed by atoms with Gasteiger partial charge in [-0.2, -0.15) is 5.10 Å². The van der Waals surface area contributed by atoms with Gasteiger partial charge in [-0.25, -0.2) is 5.43 Å². The maximum Gasteiger partial charge on any atom is 0.433 e. The zero-order chi connectivity index (χ0) is 18.9. The van der Waals surface area contributed by atoms with Crippen molar-refractivity contribution in [3.05, 3.63) is 64.4 Å². The fourth-order valence-electron chi connectivity index (χ4n) is 1.98. The van der Waals surface area contributed by atoms with Crippen molar-refractivity contribution in [2.24, 2.45) is 5.10 Å². The van der Waals surface area contributed by atoms with Crippen LogP contribution in [0.25, 0.3) is 0 Å². The largest absolute Gasteiger partial charge is 0.493 e. The summed E-state index contributed by atoms with van der Waals surface area (Å²) in [4.78, 5) is 21.6. The van der Waals surface area contributed by atoms with Crippen molar-refractivity contribution in [3.63, 3.8) is 0 Å². The number of nitrogens with zero attached hydrogens (tertiary/aromatic N) is 2. The highest BCUT2D eigenvalue weighted by atomic mass is 16.6. The summed E-state index contributed by atoms with van der Waals surface area (Å²) in [6, 6.07) is 7.90. The van der Waals surface area contributed by atoms with E-state index in [-0.39, 0.29) is 12.4 Å². The molecule has 0 spiro atoms. The van der Waals surface area contributed by atoms with Gasteiger partial charge in [-0.15, -0.1) is 6.58 Å². The Morgan fingerprint density at radius 3 is 2.85 bits per heavy atom. The van der Waals surface area contributed by atoms with E-state index < -0.39 is 16.7 Å². The first kappa shape index (κ1) is 18.7. The number of hydrogen-bond donors (Lipinski definition) is 1. The third kappa shape index (κ3) is 5.20. The predicted octanol–water partition coefficient (Wildman–Crippen LogP) is 2.45. The van der Waals surface area contributed by atoms with Crippen molar-refractivity contribution < 1.29 is 23.6 Å². The van der Waals surface area contributed by atoms with Crippen molar-refractivity contribution in [3.8, 4) is 11.5 Å². The monoisotopic (exact) mass is 359 g/mol. The summed E-state index contributed by atoms with van der Waals surface area (Å²) in [6.07, 6.45) is 3.61. The molecule has 0 radical (unpaired) electrons. The maximum atomic E-state index is 11.7. The number of hydrazone groups is 1. The Balaban J connectivity index is 1.87. The molecule has 136 valence electrons. The number of amides is 1. The summed E-state index contributed by atoms with van der Waals surface area (Å²) in [5.41, 5.74) is 3.24. The van der Waals surface area contributed by atoms with Crippen LogP contribution in [0.5, 0.6) is 11.5 Å². The molecule has 9 heteroatoms. The van der Waals surface area contributed by atoms with Crippen molar-refractivity contribution in [2.75, 3.05) is 13.7 Å². The second-order valence-corrected chi connectivity index (χ2v) is 4.99. The molecule has 1 heterocycles. The Morgan fingerprint density at radius 2 is 2.19 bits per heavy atom. The molecular weight excluding hydrogens is 342 g/mol. The smallest absolute Gasteiger partial charge is 0.433 e. The quantitative estimate of drug-likeness (QED) is 0.318. The number of rotatable bonds is 9. The van der Waals surface area contributed by atoms with E-state index in [1.165, 1.54) is 19.2 Å². The highest BCUT2D eigenvalue weighted by molar-refractivity contribution is 5.81. The molecular formula is C17H17N3O6. The molecule has 9 nitrogen and oxygen atoms in total. The lowest BCUT2D eigenvalue weighted by Crippen LogP contribution is -2.24. The van der Waals surface area contributed by atoms with E-state index in [1.54, 1.807) is 18.2 Å². The molecule has 0 bridgehead atoms. The average Bonchev–Trinajstić information content (AvgIpc) is 3.10. The first-order valence-corrected chi connectivity index (χ1v) is 7.50. The Labute approximate surface area is 149 Å². The van der Waals surface area contributed by atoms with Gasteiger partial charge in [0.05, 0.1) is 19.4 Å². The van der Waals surface area contributed by atoms with Crippen molar-refractivity contribution >= 4 is 18.0 Å². The number of methoxy groups -OCH3 is 1. The van der Waals surface area contributed by atoms with Crippen LogP contribution in [0, 0.1) is 10.1 Å². The number of furan rings is 1. The lowest BCUT2D eigenvalue weighted by molar-refractivity contribution is -0.402. The standard InChI is InChI=1S/C17H17N3O6/c1-3-4-12-5-7-14(15(9-12)24-2)25-11-16(21)19-18-10-13-6-8-17(26-13)20(22)23/h3,5-10H,1,4,11H2,2H3,(H,19,21). The van der Waals surface area contributed by atoms with Crippen LogP contribution in [0.2, 0.25) is 0 Å². The average molecular weight is 359 g/mol. The second kappa shape index (κ2) is 9.02. The Hall–Kier alpha value is -3.62. The number of ether oxygens (including phenoxy) is 2. The molecule has 0 atom stereocenters. The highest BCUT2D eigenvalue weighted by Gasteiger charge is 2.11. The molecule has 0 aliphatic rings. The van der Waals surface area contributed by atoms with E-state index in [0.29, 0.717) is 17.9 Å². The van der Waals surface area contributed by atoms with Crippen LogP contribution < -0.4 is 14.9 Å². The van der Waals surface area contributed by atoms with Gasteiger partial charge in [0.1, 0.15) is 4.92 Å². The zero-order valence-electron chi connectivity index (χ0n) is 14.0. The van der Waals surface area contributed by atoms with Crippen LogP contribution in [0.4, 0.5) is 5.88 Å². The zero-order valence-corrected chi connectivity index (χ0v) is 14.0. The SMILES string of the molecule is C=CCc1ccc(OCC(=O)NN=Cc2ccc([N+](=O)[O-])o2)c(OC)c1. The summed E-state index contributed by atoms with van der Waals surface area (Å²) >= 11 is 0. The van der Waals surface area contributed by atoms with Crippen LogP contribution in [0.3, 0.4) is 0 Å². The molecule has 2 aromatic rings. The van der Waals surface area contributed by atoms with Gasteiger partial charge in [0.2, 0.25) is 0 Å². The van der Waals surface area contributed by atoms with Gasteiger partial charge in [0.15, 0.2) is 23.9 Å². The molecule has 0 aliphatic heterocycles. The van der Waals surface area contributed by atoms with Crippen molar-refractivity contribution in [1.82, 2.24) is 5.43 Å². The molecule has 0 aliphatic carbocycles. The first-order chi connectivity index (χ1) is 12.5. The topological polar surface area (TPSA) is 116 Å². The first-order valence-electron chi connectivity index (χ1n) is 7.50. The number of benzene rings is 1. The van der Waals surface area contributed by atoms with Gasteiger partial charge in [-0.05, 0) is 30.2 Å². The molecule has 0 fully saturated rings. The van der Waals surface area contributed by atoms with Crippen LogP contribution in [0.15, 0.2) is 52.5 Å². The molecule has 0 saturated carbocycles. The van der Waals surface area contributed by atoms with Gasteiger partial charge in [-0.3, -0.25) is 14.9 Å². The van der Waals surface area contributed by atoms with E-state index in [9.17, 15) is 14.9 Å². The fraction of sp³-hybridized carbons (Fsp3) is 0.176. The van der Waals surface area contributed by atoms with Crippen LogP contribution in [0.1, 0.15) is 11.3 Å². The highest BCUT2D eigenvalue weighted by Crippen LogP contribution is 2.28. The number of allylic oxidation sites excluding steroid dienone is 1. The van der Waals surface area contributed by atoms with Crippen LogP contribution in [-0.4, -0.2) is 30.8 Å². The second-order valence-electron chi connectivity index (χ2n) is 4.99. The summed E-state index contributed by atoms with van der Waals surface area (Å²) in [6.45, 7) is 3.39. The molecule has 1 aromatic heterocycles. The normalized spacial score (nSPS) is 10.5. The third-order valence-corrected chi connectivity index (χ3v) is 3.14. The van der Waals surface area contributed by atoms with Gasteiger partial charge >= 0.3 is 5.88 Å². The Kier molecular flexibility index (Phi) is 6.49. The maximum absolute atomic E-state index is 11.7. The minimum absolute atomic E-state index is 0.136. The molecule has 1 N–H and O–H groups in total. The third-order valence-electron chi connectivity index (χ3n) is 3.14. The summed E-state index contributed by atoms with van der Waals surface area (Å²) < 4.78 is 15.5. The molecule has 1 amide bonds. The van der Waals surface area contributed by atoms with E-state index in [4.69, 9.17) is 13.9 Å². The van der Waals surface area contributed by atoms with Crippen molar-refractivity contribution in [2.45, 2.75) is 6.42 Å².